The van der Waals surface area contributed by atoms with Crippen molar-refractivity contribution in [2.45, 2.75) is 38.7 Å². The van der Waals surface area contributed by atoms with Crippen LogP contribution in [0.1, 0.15) is 31.9 Å². The van der Waals surface area contributed by atoms with Gasteiger partial charge in [-0.2, -0.15) is 0 Å². The molecule has 0 bridgehead atoms. The Morgan fingerprint density at radius 2 is 1.89 bits per heavy atom. The number of rotatable bonds is 5. The predicted octanol–water partition coefficient (Wildman–Crippen LogP) is 0.962. The number of carbonyl (C=O) groups excluding carboxylic acids is 1. The van der Waals surface area contributed by atoms with E-state index in [0.29, 0.717) is 6.54 Å². The largest absolute Gasteiger partial charge is 0.382 e. The first-order valence-corrected chi connectivity index (χ1v) is 6.60. The molecule has 1 atom stereocenters. The summed E-state index contributed by atoms with van der Waals surface area (Å²) in [6, 6.07) is 8.38. The second kappa shape index (κ2) is 6.68. The number of amides is 1. The van der Waals surface area contributed by atoms with Crippen molar-refractivity contribution in [3.8, 4) is 0 Å². The number of hydrogen-bond donors (Lipinski definition) is 3. The van der Waals surface area contributed by atoms with Gasteiger partial charge in [-0.15, -0.1) is 0 Å². The molecule has 4 N–H and O–H groups in total. The lowest BCUT2D eigenvalue weighted by Crippen LogP contribution is -2.39. The van der Waals surface area contributed by atoms with Crippen LogP contribution in [0.5, 0.6) is 0 Å². The lowest BCUT2D eigenvalue weighted by molar-refractivity contribution is -0.128. The van der Waals surface area contributed by atoms with Crippen LogP contribution in [0.2, 0.25) is 0 Å². The van der Waals surface area contributed by atoms with Crippen LogP contribution in [0.15, 0.2) is 24.3 Å². The Bertz CT molecular complexity index is 407. The van der Waals surface area contributed by atoms with E-state index < -0.39 is 12.0 Å². The highest BCUT2D eigenvalue weighted by Crippen LogP contribution is 2.22. The molecule has 0 spiro atoms. The van der Waals surface area contributed by atoms with E-state index in [9.17, 15) is 9.90 Å². The van der Waals surface area contributed by atoms with E-state index >= 15 is 0 Å². The van der Waals surface area contributed by atoms with Crippen LogP contribution in [-0.2, 0) is 16.6 Å². The van der Waals surface area contributed by atoms with Crippen LogP contribution in [0.4, 0.5) is 0 Å². The molecule has 0 saturated carbocycles. The summed E-state index contributed by atoms with van der Waals surface area (Å²) in [5.41, 5.74) is 7.81. The van der Waals surface area contributed by atoms with Gasteiger partial charge in [0.2, 0.25) is 5.91 Å². The number of carbonyl (C=O) groups is 1. The Hall–Kier alpha value is -1.39. The average Bonchev–Trinajstić information content (AvgIpc) is 2.37. The standard InChI is InChI=1S/C15H24N2O2/c1-15(2,3)12-6-4-11(5-7-12)8-9-17-14(19)13(18)10-16/h4-7,13,18H,8-10,16H2,1-3H3,(H,17,19). The number of nitrogens with two attached hydrogens (primary N) is 1. The van der Waals surface area contributed by atoms with Crippen molar-refractivity contribution in [2.24, 2.45) is 5.73 Å². The molecule has 4 heteroatoms. The maximum atomic E-state index is 11.3. The monoisotopic (exact) mass is 264 g/mol. The van der Waals surface area contributed by atoms with E-state index in [1.165, 1.54) is 5.56 Å². The highest BCUT2D eigenvalue weighted by atomic mass is 16.3. The average molecular weight is 264 g/mol. The third kappa shape index (κ3) is 5.01. The lowest BCUT2D eigenvalue weighted by atomic mass is 9.86. The summed E-state index contributed by atoms with van der Waals surface area (Å²) in [6.07, 6.45) is -0.365. The minimum Gasteiger partial charge on any atom is -0.382 e. The fraction of sp³-hybridized carbons (Fsp3) is 0.533. The molecular weight excluding hydrogens is 240 g/mol. The van der Waals surface area contributed by atoms with E-state index in [1.807, 2.05) is 0 Å². The zero-order valence-corrected chi connectivity index (χ0v) is 11.9. The second-order valence-electron chi connectivity index (χ2n) is 5.74. The lowest BCUT2D eigenvalue weighted by Gasteiger charge is -2.19. The van der Waals surface area contributed by atoms with Gasteiger partial charge in [-0.3, -0.25) is 4.79 Å². The van der Waals surface area contributed by atoms with Crippen molar-refractivity contribution in [1.82, 2.24) is 5.32 Å². The van der Waals surface area contributed by atoms with Crippen molar-refractivity contribution < 1.29 is 9.90 Å². The highest BCUT2D eigenvalue weighted by Gasteiger charge is 2.13. The zero-order valence-electron chi connectivity index (χ0n) is 11.9. The minimum absolute atomic E-state index is 0.0495. The van der Waals surface area contributed by atoms with Gasteiger partial charge < -0.3 is 16.2 Å². The van der Waals surface area contributed by atoms with Crippen LogP contribution in [0.3, 0.4) is 0 Å². The molecule has 0 aliphatic carbocycles. The summed E-state index contributed by atoms with van der Waals surface area (Å²) < 4.78 is 0. The van der Waals surface area contributed by atoms with Gasteiger partial charge in [-0.05, 0) is 23.0 Å². The summed E-state index contributed by atoms with van der Waals surface area (Å²) in [5.74, 6) is -0.409. The summed E-state index contributed by atoms with van der Waals surface area (Å²) in [5, 5.41) is 11.9. The molecule has 0 saturated heterocycles. The smallest absolute Gasteiger partial charge is 0.250 e. The second-order valence-corrected chi connectivity index (χ2v) is 5.74. The molecule has 0 heterocycles. The number of aliphatic hydroxyl groups is 1. The number of hydrogen-bond acceptors (Lipinski definition) is 3. The van der Waals surface area contributed by atoms with Gasteiger partial charge in [0.1, 0.15) is 6.10 Å². The Balaban J connectivity index is 2.45. The Morgan fingerprint density at radius 1 is 1.32 bits per heavy atom. The summed E-state index contributed by atoms with van der Waals surface area (Å²) >= 11 is 0. The third-order valence-corrected chi connectivity index (χ3v) is 3.06. The van der Waals surface area contributed by atoms with Gasteiger partial charge in [0.05, 0.1) is 0 Å². The van der Waals surface area contributed by atoms with E-state index in [1.54, 1.807) is 0 Å². The highest BCUT2D eigenvalue weighted by molar-refractivity contribution is 5.80. The molecule has 0 fully saturated rings. The van der Waals surface area contributed by atoms with Crippen LogP contribution in [-0.4, -0.2) is 30.2 Å². The fourth-order valence-electron chi connectivity index (χ4n) is 1.73. The van der Waals surface area contributed by atoms with Crippen molar-refractivity contribution in [3.05, 3.63) is 35.4 Å². The molecule has 1 amide bonds. The zero-order chi connectivity index (χ0) is 14.5. The van der Waals surface area contributed by atoms with Gasteiger partial charge in [-0.25, -0.2) is 0 Å². The summed E-state index contributed by atoms with van der Waals surface area (Å²) in [6.45, 7) is 6.99. The topological polar surface area (TPSA) is 75.3 Å². The SMILES string of the molecule is CC(C)(C)c1ccc(CCNC(=O)C(O)CN)cc1. The number of nitrogens with one attached hydrogen (secondary N) is 1. The Kier molecular flexibility index (Phi) is 5.51. The van der Waals surface area contributed by atoms with Crippen LogP contribution >= 0.6 is 0 Å². The Labute approximate surface area is 115 Å². The Morgan fingerprint density at radius 3 is 2.37 bits per heavy atom. The number of benzene rings is 1. The van der Waals surface area contributed by atoms with Crippen molar-refractivity contribution in [3.63, 3.8) is 0 Å². The molecule has 1 aromatic carbocycles. The molecule has 4 nitrogen and oxygen atoms in total. The molecule has 19 heavy (non-hydrogen) atoms. The maximum absolute atomic E-state index is 11.3. The first kappa shape index (κ1) is 15.7. The van der Waals surface area contributed by atoms with E-state index in [2.05, 4.69) is 50.4 Å². The molecule has 0 aliphatic rings. The van der Waals surface area contributed by atoms with E-state index in [4.69, 9.17) is 5.73 Å². The van der Waals surface area contributed by atoms with E-state index in [-0.39, 0.29) is 12.0 Å². The number of aliphatic hydroxyl groups excluding tert-OH is 1. The van der Waals surface area contributed by atoms with Gasteiger partial charge in [-0.1, -0.05) is 45.0 Å². The molecule has 0 aromatic heterocycles. The van der Waals surface area contributed by atoms with Gasteiger partial charge in [0, 0.05) is 13.1 Å². The van der Waals surface area contributed by atoms with Crippen LogP contribution < -0.4 is 11.1 Å². The van der Waals surface area contributed by atoms with Crippen LogP contribution in [0, 0.1) is 0 Å². The third-order valence-electron chi connectivity index (χ3n) is 3.06. The first-order chi connectivity index (χ1) is 8.84. The summed E-state index contributed by atoms with van der Waals surface area (Å²) in [7, 11) is 0. The molecule has 1 aromatic rings. The molecule has 0 aliphatic heterocycles. The fourth-order valence-corrected chi connectivity index (χ4v) is 1.73. The normalized spacial score (nSPS) is 13.1. The molecule has 0 radical (unpaired) electrons. The van der Waals surface area contributed by atoms with Crippen molar-refractivity contribution in [2.75, 3.05) is 13.1 Å². The summed E-state index contributed by atoms with van der Waals surface area (Å²) in [4.78, 5) is 11.3. The maximum Gasteiger partial charge on any atom is 0.250 e. The molecular formula is C15H24N2O2. The van der Waals surface area contributed by atoms with Crippen molar-refractivity contribution >= 4 is 5.91 Å². The molecule has 1 rings (SSSR count). The molecule has 1 unspecified atom stereocenters. The first-order valence-electron chi connectivity index (χ1n) is 6.60. The quantitative estimate of drug-likeness (QED) is 0.741. The van der Waals surface area contributed by atoms with Crippen LogP contribution in [0.25, 0.3) is 0 Å². The van der Waals surface area contributed by atoms with Gasteiger partial charge >= 0.3 is 0 Å². The van der Waals surface area contributed by atoms with E-state index in [0.717, 1.165) is 12.0 Å². The minimum atomic E-state index is -1.11. The predicted molar refractivity (Wildman–Crippen MR) is 76.9 cm³/mol. The van der Waals surface area contributed by atoms with Gasteiger partial charge in [0.25, 0.3) is 0 Å². The van der Waals surface area contributed by atoms with Crippen molar-refractivity contribution in [1.29, 1.82) is 0 Å². The van der Waals surface area contributed by atoms with Gasteiger partial charge in [0.15, 0.2) is 0 Å². The molecule has 106 valence electrons.